The van der Waals surface area contributed by atoms with E-state index < -0.39 is 5.97 Å². The summed E-state index contributed by atoms with van der Waals surface area (Å²) in [6, 6.07) is 6.24. The van der Waals surface area contributed by atoms with Crippen LogP contribution in [0.4, 0.5) is 0 Å². The molecule has 0 bridgehead atoms. The smallest absolute Gasteiger partial charge is 0.335 e. The third-order valence-electron chi connectivity index (χ3n) is 3.68. The number of carboxylic acids is 1. The Morgan fingerprint density at radius 3 is 2.55 bits per heavy atom. The fraction of sp³-hybridized carbons (Fsp3) is 0.438. The van der Waals surface area contributed by atoms with E-state index >= 15 is 0 Å². The molecule has 1 aliphatic rings. The van der Waals surface area contributed by atoms with Crippen molar-refractivity contribution < 1.29 is 19.5 Å². The summed E-state index contributed by atoms with van der Waals surface area (Å²) in [5, 5.41) is 11.5. The Morgan fingerprint density at radius 2 is 1.86 bits per heavy atom. The first-order valence-electron chi connectivity index (χ1n) is 7.43. The van der Waals surface area contributed by atoms with Crippen molar-refractivity contribution >= 4 is 17.8 Å². The van der Waals surface area contributed by atoms with E-state index in [1.807, 2.05) is 0 Å². The molecule has 0 radical (unpaired) electrons. The maximum Gasteiger partial charge on any atom is 0.335 e. The molecular weight excluding hydrogens is 284 g/mol. The Kier molecular flexibility index (Phi) is 5.52. The summed E-state index contributed by atoms with van der Waals surface area (Å²) in [7, 11) is 0. The minimum absolute atomic E-state index is 0.00253. The largest absolute Gasteiger partial charge is 0.478 e. The van der Waals surface area contributed by atoms with Gasteiger partial charge in [0.05, 0.1) is 18.5 Å². The average Bonchev–Trinajstić information content (AvgIpc) is 2.53. The van der Waals surface area contributed by atoms with Crippen LogP contribution in [0.15, 0.2) is 24.3 Å². The minimum atomic E-state index is -1.03. The van der Waals surface area contributed by atoms with Crippen molar-refractivity contribution in [3.63, 3.8) is 0 Å². The Morgan fingerprint density at radius 1 is 1.14 bits per heavy atom. The quantitative estimate of drug-likeness (QED) is 0.851. The number of carbonyl (C=O) groups excluding carboxylic acids is 2. The van der Waals surface area contributed by atoms with Crippen LogP contribution >= 0.6 is 0 Å². The highest BCUT2D eigenvalue weighted by Gasteiger charge is 2.17. The number of nitrogens with zero attached hydrogens (tertiary/aromatic N) is 1. The van der Waals surface area contributed by atoms with Gasteiger partial charge in [0.2, 0.25) is 11.8 Å². The van der Waals surface area contributed by atoms with E-state index in [0.29, 0.717) is 5.56 Å². The van der Waals surface area contributed by atoms with Gasteiger partial charge in [-0.1, -0.05) is 12.1 Å². The highest BCUT2D eigenvalue weighted by Crippen LogP contribution is 2.08. The van der Waals surface area contributed by atoms with Crippen LogP contribution in [0.1, 0.15) is 35.2 Å². The summed E-state index contributed by atoms with van der Waals surface area (Å²) < 4.78 is 0. The zero-order valence-corrected chi connectivity index (χ0v) is 12.4. The van der Waals surface area contributed by atoms with Gasteiger partial charge in [0, 0.05) is 13.1 Å². The molecule has 1 saturated heterocycles. The van der Waals surface area contributed by atoms with E-state index in [2.05, 4.69) is 5.32 Å². The predicted octanol–water partition coefficient (Wildman–Crippen LogP) is 1.06. The molecule has 2 amide bonds. The molecule has 22 heavy (non-hydrogen) atoms. The van der Waals surface area contributed by atoms with Gasteiger partial charge in [-0.15, -0.1) is 0 Å². The van der Waals surface area contributed by atoms with E-state index in [9.17, 15) is 14.4 Å². The van der Waals surface area contributed by atoms with Crippen LogP contribution in [-0.4, -0.2) is 47.4 Å². The number of hydrogen-bond acceptors (Lipinski definition) is 3. The number of likely N-dealkylation sites (tertiary alicyclic amines) is 1. The first-order valence-corrected chi connectivity index (χ1v) is 7.43. The molecule has 0 aromatic heterocycles. The molecule has 0 saturated carbocycles. The van der Waals surface area contributed by atoms with Gasteiger partial charge < -0.3 is 15.3 Å². The molecule has 0 atom stereocenters. The molecule has 1 aromatic carbocycles. The summed E-state index contributed by atoms with van der Waals surface area (Å²) >= 11 is 0. The SMILES string of the molecule is O=C(Cc1cccc(C(=O)O)c1)NCC(=O)N1CCCCC1. The van der Waals surface area contributed by atoms with Crippen LogP contribution in [0.3, 0.4) is 0 Å². The van der Waals surface area contributed by atoms with Crippen molar-refractivity contribution in [2.75, 3.05) is 19.6 Å². The van der Waals surface area contributed by atoms with E-state index in [-0.39, 0.29) is 30.3 Å². The van der Waals surface area contributed by atoms with Gasteiger partial charge in [-0.05, 0) is 37.0 Å². The van der Waals surface area contributed by atoms with Crippen LogP contribution in [0.2, 0.25) is 0 Å². The van der Waals surface area contributed by atoms with E-state index in [1.54, 1.807) is 17.0 Å². The van der Waals surface area contributed by atoms with Crippen molar-refractivity contribution in [2.24, 2.45) is 0 Å². The van der Waals surface area contributed by atoms with Crippen molar-refractivity contribution in [2.45, 2.75) is 25.7 Å². The van der Waals surface area contributed by atoms with Crippen molar-refractivity contribution in [1.82, 2.24) is 10.2 Å². The van der Waals surface area contributed by atoms with Crippen LogP contribution in [0.5, 0.6) is 0 Å². The Hall–Kier alpha value is -2.37. The Labute approximate surface area is 129 Å². The van der Waals surface area contributed by atoms with Gasteiger partial charge in [-0.3, -0.25) is 9.59 Å². The van der Waals surface area contributed by atoms with Crippen molar-refractivity contribution in [3.05, 3.63) is 35.4 Å². The molecule has 2 N–H and O–H groups in total. The van der Waals surface area contributed by atoms with E-state index in [4.69, 9.17) is 5.11 Å². The van der Waals surface area contributed by atoms with Crippen LogP contribution < -0.4 is 5.32 Å². The third kappa shape index (κ3) is 4.58. The monoisotopic (exact) mass is 304 g/mol. The van der Waals surface area contributed by atoms with Gasteiger partial charge in [-0.2, -0.15) is 0 Å². The first-order chi connectivity index (χ1) is 10.6. The molecule has 6 nitrogen and oxygen atoms in total. The lowest BCUT2D eigenvalue weighted by molar-refractivity contribution is -0.133. The Bertz CT molecular complexity index is 565. The van der Waals surface area contributed by atoms with Gasteiger partial charge in [-0.25, -0.2) is 4.79 Å². The number of benzene rings is 1. The van der Waals surface area contributed by atoms with Crippen LogP contribution in [-0.2, 0) is 16.0 Å². The van der Waals surface area contributed by atoms with Gasteiger partial charge in [0.15, 0.2) is 0 Å². The van der Waals surface area contributed by atoms with E-state index in [1.165, 1.54) is 12.1 Å². The molecule has 1 aliphatic heterocycles. The maximum absolute atomic E-state index is 11.9. The number of carbonyl (C=O) groups is 3. The van der Waals surface area contributed by atoms with Crippen LogP contribution in [0.25, 0.3) is 0 Å². The zero-order valence-electron chi connectivity index (χ0n) is 12.4. The number of rotatable bonds is 5. The number of carboxylic acid groups (broad SMARTS) is 1. The molecular formula is C16H20N2O4. The number of piperidine rings is 1. The second-order valence-electron chi connectivity index (χ2n) is 5.40. The summed E-state index contributed by atoms with van der Waals surface area (Å²) in [5.74, 6) is -1.37. The molecule has 1 heterocycles. The second kappa shape index (κ2) is 7.59. The standard InChI is InChI=1S/C16H20N2O4/c19-14(10-12-5-4-6-13(9-12)16(21)22)17-11-15(20)18-7-2-1-3-8-18/h4-6,9H,1-3,7-8,10-11H2,(H,17,19)(H,21,22). The fourth-order valence-corrected chi connectivity index (χ4v) is 2.49. The summed E-state index contributed by atoms with van der Waals surface area (Å²) in [5.41, 5.74) is 0.762. The summed E-state index contributed by atoms with van der Waals surface area (Å²) in [6.07, 6.45) is 3.24. The van der Waals surface area contributed by atoms with E-state index in [0.717, 1.165) is 32.4 Å². The second-order valence-corrected chi connectivity index (χ2v) is 5.40. The molecule has 0 unspecified atom stereocenters. The molecule has 1 aromatic rings. The summed E-state index contributed by atoms with van der Waals surface area (Å²) in [6.45, 7) is 1.52. The molecule has 6 heteroatoms. The predicted molar refractivity (Wildman–Crippen MR) is 80.5 cm³/mol. The molecule has 0 spiro atoms. The lowest BCUT2D eigenvalue weighted by atomic mass is 10.1. The number of nitrogens with one attached hydrogen (secondary N) is 1. The topological polar surface area (TPSA) is 86.7 Å². The Balaban J connectivity index is 1.81. The van der Waals surface area contributed by atoms with Crippen LogP contribution in [0, 0.1) is 0 Å². The molecule has 2 rings (SSSR count). The van der Waals surface area contributed by atoms with Gasteiger partial charge in [0.25, 0.3) is 0 Å². The lowest BCUT2D eigenvalue weighted by Gasteiger charge is -2.26. The first kappa shape index (κ1) is 16.0. The molecule has 1 fully saturated rings. The number of amides is 2. The maximum atomic E-state index is 11.9. The minimum Gasteiger partial charge on any atom is -0.478 e. The fourth-order valence-electron chi connectivity index (χ4n) is 2.49. The van der Waals surface area contributed by atoms with Crippen molar-refractivity contribution in [1.29, 1.82) is 0 Å². The number of aromatic carboxylic acids is 1. The van der Waals surface area contributed by atoms with Crippen molar-refractivity contribution in [3.8, 4) is 0 Å². The molecule has 0 aliphatic carbocycles. The van der Waals surface area contributed by atoms with Gasteiger partial charge >= 0.3 is 5.97 Å². The molecule has 118 valence electrons. The number of hydrogen-bond donors (Lipinski definition) is 2. The zero-order chi connectivity index (χ0) is 15.9. The highest BCUT2D eigenvalue weighted by atomic mass is 16.4. The lowest BCUT2D eigenvalue weighted by Crippen LogP contribution is -2.42. The summed E-state index contributed by atoms with van der Waals surface area (Å²) in [4.78, 5) is 36.4. The van der Waals surface area contributed by atoms with Gasteiger partial charge in [0.1, 0.15) is 0 Å². The normalized spacial score (nSPS) is 14.5. The average molecular weight is 304 g/mol. The highest BCUT2D eigenvalue weighted by molar-refractivity contribution is 5.89. The third-order valence-corrected chi connectivity index (χ3v) is 3.68.